The molecule has 0 amide bonds. The molecule has 0 saturated carbocycles. The van der Waals surface area contributed by atoms with Crippen molar-refractivity contribution in [1.82, 2.24) is 0 Å². The first-order valence-corrected chi connectivity index (χ1v) is 5.05. The van der Waals surface area contributed by atoms with E-state index in [1.807, 2.05) is 11.8 Å². The summed E-state index contributed by atoms with van der Waals surface area (Å²) in [6.07, 6.45) is 1.27. The third-order valence-electron chi connectivity index (χ3n) is 2.20. The molecule has 2 unspecified atom stereocenters. The maximum Gasteiger partial charge on any atom is 0.282 e. The lowest BCUT2D eigenvalue weighted by molar-refractivity contribution is 0.284. The average molecular weight is 172 g/mol. The predicted molar refractivity (Wildman–Crippen MR) is 46.8 cm³/mol. The Balaban J connectivity index is 1.95. The van der Waals surface area contributed by atoms with Crippen LogP contribution in [-0.4, -0.2) is 30.2 Å². The van der Waals surface area contributed by atoms with Crippen molar-refractivity contribution in [3.63, 3.8) is 0 Å². The minimum absolute atomic E-state index is 0.352. The maximum atomic E-state index is 5.41. The fraction of sp³-hybridized carbons (Fsp3) is 0.857. The molecule has 0 bridgehead atoms. The summed E-state index contributed by atoms with van der Waals surface area (Å²) < 4.78 is 5.10. The van der Waals surface area contributed by atoms with Gasteiger partial charge in [0.05, 0.1) is 6.04 Å². The molecule has 2 aliphatic heterocycles. The van der Waals surface area contributed by atoms with Gasteiger partial charge in [0, 0.05) is 0 Å². The van der Waals surface area contributed by atoms with Crippen LogP contribution in [0.3, 0.4) is 0 Å². The summed E-state index contributed by atoms with van der Waals surface area (Å²) >= 11 is 2.00. The van der Waals surface area contributed by atoms with Crippen molar-refractivity contribution in [1.29, 1.82) is 0 Å². The highest BCUT2D eigenvalue weighted by Crippen LogP contribution is 2.29. The molecule has 2 atom stereocenters. The topological polar surface area (TPSA) is 47.6 Å². The highest BCUT2D eigenvalue weighted by Gasteiger charge is 2.29. The molecule has 0 aromatic heterocycles. The van der Waals surface area contributed by atoms with E-state index in [0.29, 0.717) is 24.6 Å². The van der Waals surface area contributed by atoms with Crippen molar-refractivity contribution >= 4 is 17.8 Å². The molecule has 2 aliphatic rings. The van der Waals surface area contributed by atoms with Crippen LogP contribution in [0.5, 0.6) is 0 Å². The van der Waals surface area contributed by atoms with Gasteiger partial charge in [0.15, 0.2) is 0 Å². The summed E-state index contributed by atoms with van der Waals surface area (Å²) in [4.78, 5) is 4.23. The van der Waals surface area contributed by atoms with Crippen LogP contribution in [0.25, 0.3) is 0 Å². The lowest BCUT2D eigenvalue weighted by Crippen LogP contribution is -2.19. The van der Waals surface area contributed by atoms with Crippen LogP contribution in [0.1, 0.15) is 6.42 Å². The third kappa shape index (κ3) is 1.45. The van der Waals surface area contributed by atoms with E-state index in [1.54, 1.807) is 0 Å². The van der Waals surface area contributed by atoms with Crippen LogP contribution in [0.15, 0.2) is 4.99 Å². The molecule has 4 heteroatoms. The first kappa shape index (κ1) is 7.28. The normalized spacial score (nSPS) is 36.9. The zero-order valence-electron chi connectivity index (χ0n) is 6.32. The number of nitrogens with zero attached hydrogens (tertiary/aromatic N) is 1. The van der Waals surface area contributed by atoms with Gasteiger partial charge in [0.1, 0.15) is 6.61 Å². The Bertz CT molecular complexity index is 177. The lowest BCUT2D eigenvalue weighted by atomic mass is 10.0. The highest BCUT2D eigenvalue weighted by atomic mass is 32.2. The van der Waals surface area contributed by atoms with E-state index in [-0.39, 0.29) is 0 Å². The van der Waals surface area contributed by atoms with E-state index in [0.717, 1.165) is 0 Å². The van der Waals surface area contributed by atoms with Crippen molar-refractivity contribution in [2.75, 3.05) is 18.1 Å². The van der Waals surface area contributed by atoms with Gasteiger partial charge in [0.25, 0.3) is 6.02 Å². The summed E-state index contributed by atoms with van der Waals surface area (Å²) in [5.74, 6) is 3.21. The monoisotopic (exact) mass is 172 g/mol. The smallest absolute Gasteiger partial charge is 0.282 e. The van der Waals surface area contributed by atoms with E-state index >= 15 is 0 Å². The SMILES string of the molecule is NC1=NC(C2CCSC2)CO1. The van der Waals surface area contributed by atoms with Gasteiger partial charge in [-0.3, -0.25) is 0 Å². The van der Waals surface area contributed by atoms with Crippen molar-refractivity contribution in [3.05, 3.63) is 0 Å². The van der Waals surface area contributed by atoms with E-state index in [1.165, 1.54) is 17.9 Å². The minimum atomic E-state index is 0.352. The number of ether oxygens (including phenoxy) is 1. The van der Waals surface area contributed by atoms with Crippen LogP contribution in [0, 0.1) is 5.92 Å². The fourth-order valence-electron chi connectivity index (χ4n) is 1.51. The molecule has 1 saturated heterocycles. The van der Waals surface area contributed by atoms with Crippen LogP contribution >= 0.6 is 11.8 Å². The number of amidine groups is 1. The van der Waals surface area contributed by atoms with Crippen LogP contribution < -0.4 is 5.73 Å². The lowest BCUT2D eigenvalue weighted by Gasteiger charge is -2.10. The molecular weight excluding hydrogens is 160 g/mol. The Kier molecular flexibility index (Phi) is 1.94. The van der Waals surface area contributed by atoms with E-state index < -0.39 is 0 Å². The van der Waals surface area contributed by atoms with Gasteiger partial charge in [-0.1, -0.05) is 0 Å². The first-order valence-electron chi connectivity index (χ1n) is 3.90. The highest BCUT2D eigenvalue weighted by molar-refractivity contribution is 7.99. The molecule has 3 nitrogen and oxygen atoms in total. The van der Waals surface area contributed by atoms with Crippen LogP contribution in [0.2, 0.25) is 0 Å². The Labute approximate surface area is 70.4 Å². The van der Waals surface area contributed by atoms with E-state index in [4.69, 9.17) is 10.5 Å². The molecule has 2 heterocycles. The van der Waals surface area contributed by atoms with Gasteiger partial charge >= 0.3 is 0 Å². The van der Waals surface area contributed by atoms with Crippen LogP contribution in [-0.2, 0) is 4.74 Å². The number of hydrogen-bond donors (Lipinski definition) is 1. The number of nitrogens with two attached hydrogens (primary N) is 1. The molecule has 2 N–H and O–H groups in total. The molecule has 2 rings (SSSR count). The second-order valence-electron chi connectivity index (χ2n) is 2.97. The number of rotatable bonds is 1. The molecule has 62 valence electrons. The van der Waals surface area contributed by atoms with Crippen molar-refractivity contribution in [2.24, 2.45) is 16.6 Å². The quantitative estimate of drug-likeness (QED) is 0.625. The fourth-order valence-corrected chi connectivity index (χ4v) is 2.83. The van der Waals surface area contributed by atoms with Gasteiger partial charge in [-0.15, -0.1) is 0 Å². The van der Waals surface area contributed by atoms with Gasteiger partial charge in [0.2, 0.25) is 0 Å². The average Bonchev–Trinajstić information content (AvgIpc) is 2.55. The largest absolute Gasteiger partial charge is 0.463 e. The molecule has 1 fully saturated rings. The summed E-state index contributed by atoms with van der Waals surface area (Å²) in [6, 6.07) is 0.733. The Morgan fingerprint density at radius 3 is 3.09 bits per heavy atom. The second kappa shape index (κ2) is 2.93. The van der Waals surface area contributed by atoms with Crippen molar-refractivity contribution in [2.45, 2.75) is 12.5 Å². The van der Waals surface area contributed by atoms with Crippen LogP contribution in [0.4, 0.5) is 0 Å². The van der Waals surface area contributed by atoms with Gasteiger partial charge < -0.3 is 10.5 Å². The van der Waals surface area contributed by atoms with E-state index in [9.17, 15) is 0 Å². The van der Waals surface area contributed by atoms with Gasteiger partial charge in [-0.25, -0.2) is 4.99 Å². The summed E-state index contributed by atoms with van der Waals surface area (Å²) in [7, 11) is 0. The van der Waals surface area contributed by atoms with Gasteiger partial charge in [-0.05, 0) is 23.8 Å². The Hall–Kier alpha value is -0.380. The zero-order chi connectivity index (χ0) is 7.68. The number of thioether (sulfide) groups is 1. The Morgan fingerprint density at radius 1 is 1.64 bits per heavy atom. The summed E-state index contributed by atoms with van der Waals surface area (Å²) in [5.41, 5.74) is 5.41. The molecule has 11 heavy (non-hydrogen) atoms. The molecule has 0 radical (unpaired) electrons. The van der Waals surface area contributed by atoms with Crippen molar-refractivity contribution < 1.29 is 4.74 Å². The summed E-state index contributed by atoms with van der Waals surface area (Å²) in [6.45, 7) is 0.705. The molecule has 0 aromatic carbocycles. The molecule has 0 spiro atoms. The predicted octanol–water partition coefficient (Wildman–Crippen LogP) is 0.453. The van der Waals surface area contributed by atoms with E-state index in [2.05, 4.69) is 4.99 Å². The zero-order valence-corrected chi connectivity index (χ0v) is 7.14. The molecular formula is C7H12N2OS. The number of hydrogen-bond acceptors (Lipinski definition) is 4. The first-order chi connectivity index (χ1) is 5.36. The Morgan fingerprint density at radius 2 is 2.55 bits per heavy atom. The second-order valence-corrected chi connectivity index (χ2v) is 4.12. The standard InChI is InChI=1S/C7H12N2OS/c8-7-9-6(3-10-7)5-1-2-11-4-5/h5-6H,1-4H2,(H2,8,9). The molecule has 0 aromatic rings. The summed E-state index contributed by atoms with van der Waals surface area (Å²) in [5, 5.41) is 0. The van der Waals surface area contributed by atoms with Crippen molar-refractivity contribution in [3.8, 4) is 0 Å². The number of aliphatic imine (C=N–C) groups is 1. The minimum Gasteiger partial charge on any atom is -0.463 e. The molecule has 0 aliphatic carbocycles. The third-order valence-corrected chi connectivity index (χ3v) is 3.39. The van der Waals surface area contributed by atoms with Gasteiger partial charge in [-0.2, -0.15) is 11.8 Å². The maximum absolute atomic E-state index is 5.41.